The van der Waals surface area contributed by atoms with E-state index in [4.69, 9.17) is 29.6 Å². The minimum atomic E-state index is -4.00. The van der Waals surface area contributed by atoms with Gasteiger partial charge >= 0.3 is 0 Å². The molecule has 16 heteroatoms. The summed E-state index contributed by atoms with van der Waals surface area (Å²) in [7, 11) is -4.00. The van der Waals surface area contributed by atoms with E-state index in [-0.39, 0.29) is 30.3 Å². The van der Waals surface area contributed by atoms with E-state index in [9.17, 15) is 28.8 Å². The Hall–Kier alpha value is -2.44. The number of fused-ring (bicyclic) bond motifs is 1. The highest BCUT2D eigenvalue weighted by molar-refractivity contribution is 7.89. The highest BCUT2D eigenvalue weighted by Crippen LogP contribution is 2.31. The Labute approximate surface area is 216 Å². The Kier molecular flexibility index (Phi) is 9.15. The van der Waals surface area contributed by atoms with Crippen LogP contribution in [-0.2, 0) is 29.0 Å². The Morgan fingerprint density at radius 1 is 0.921 bits per heavy atom. The van der Waals surface area contributed by atoms with Crippen molar-refractivity contribution in [1.29, 1.82) is 0 Å². The molecule has 2 saturated heterocycles. The summed E-state index contributed by atoms with van der Waals surface area (Å²) in [6.45, 7) is -1.28. The molecule has 2 aliphatic rings. The van der Waals surface area contributed by atoms with Gasteiger partial charge in [-0.25, -0.2) is 13.1 Å². The van der Waals surface area contributed by atoms with Crippen molar-refractivity contribution in [2.24, 2.45) is 5.11 Å². The van der Waals surface area contributed by atoms with Crippen LogP contribution in [0.4, 0.5) is 5.69 Å². The van der Waals surface area contributed by atoms with Gasteiger partial charge in [-0.2, -0.15) is 0 Å². The van der Waals surface area contributed by atoms with E-state index in [1.54, 1.807) is 24.3 Å². The van der Waals surface area contributed by atoms with Crippen LogP contribution in [0.1, 0.15) is 0 Å². The second-order valence-electron chi connectivity index (χ2n) is 8.65. The number of aliphatic hydroxyl groups is 5. The van der Waals surface area contributed by atoms with Crippen LogP contribution in [0.5, 0.6) is 0 Å². The molecule has 6 N–H and O–H groups in total. The van der Waals surface area contributed by atoms with Gasteiger partial charge in [-0.1, -0.05) is 35.4 Å². The van der Waals surface area contributed by atoms with Crippen molar-refractivity contribution in [2.75, 3.05) is 26.4 Å². The third kappa shape index (κ3) is 5.91. The molecule has 2 fully saturated rings. The SMILES string of the molecule is [N-]=[N+]=Nc1cccc2c(S(=O)(=O)NCCOC3OC(COC4OC(CO)C(O)C4O)C(O)C3O)cccc12. The molecular weight excluding hydrogens is 528 g/mol. The first kappa shape index (κ1) is 28.6. The zero-order valence-corrected chi connectivity index (χ0v) is 20.7. The first-order valence-electron chi connectivity index (χ1n) is 11.6. The van der Waals surface area contributed by atoms with E-state index in [1.807, 2.05) is 0 Å². The van der Waals surface area contributed by atoms with E-state index >= 15 is 0 Å². The molecule has 8 unspecified atom stereocenters. The predicted octanol–water partition coefficient (Wildman–Crippen LogP) is -1.02. The molecule has 4 rings (SSSR count). The number of rotatable bonds is 11. The molecule has 2 aliphatic heterocycles. The fourth-order valence-corrected chi connectivity index (χ4v) is 5.48. The van der Waals surface area contributed by atoms with Gasteiger partial charge in [0.2, 0.25) is 10.0 Å². The molecule has 0 amide bonds. The Balaban J connectivity index is 1.30. The quantitative estimate of drug-likeness (QED) is 0.0848. The topological polar surface area (TPSA) is 233 Å². The molecule has 15 nitrogen and oxygen atoms in total. The number of ether oxygens (including phenoxy) is 4. The predicted molar refractivity (Wildman–Crippen MR) is 128 cm³/mol. The van der Waals surface area contributed by atoms with Crippen LogP contribution in [0.3, 0.4) is 0 Å². The highest BCUT2D eigenvalue weighted by Gasteiger charge is 2.46. The van der Waals surface area contributed by atoms with Gasteiger partial charge in [0, 0.05) is 22.5 Å². The van der Waals surface area contributed by atoms with Gasteiger partial charge in [0.05, 0.1) is 24.7 Å². The largest absolute Gasteiger partial charge is 0.394 e. The summed E-state index contributed by atoms with van der Waals surface area (Å²) < 4.78 is 49.6. The average Bonchev–Trinajstić information content (AvgIpc) is 3.34. The fraction of sp³-hybridized carbons (Fsp3) is 0.545. The van der Waals surface area contributed by atoms with Gasteiger partial charge in [0.1, 0.15) is 36.6 Å². The van der Waals surface area contributed by atoms with Gasteiger partial charge < -0.3 is 44.5 Å². The lowest BCUT2D eigenvalue weighted by Gasteiger charge is -2.20. The number of hydrogen-bond acceptors (Lipinski definition) is 12. The molecule has 0 radical (unpaired) electrons. The average molecular weight is 557 g/mol. The van der Waals surface area contributed by atoms with Crippen molar-refractivity contribution >= 4 is 26.5 Å². The molecule has 2 aromatic carbocycles. The number of benzene rings is 2. The van der Waals surface area contributed by atoms with Gasteiger partial charge in [-0.3, -0.25) is 0 Å². The summed E-state index contributed by atoms with van der Waals surface area (Å²) >= 11 is 0. The number of sulfonamides is 1. The molecule has 38 heavy (non-hydrogen) atoms. The number of hydrogen-bond donors (Lipinski definition) is 6. The minimum Gasteiger partial charge on any atom is -0.394 e. The normalized spacial score (nSPS) is 31.5. The molecule has 0 aliphatic carbocycles. The molecule has 0 saturated carbocycles. The smallest absolute Gasteiger partial charge is 0.241 e. The van der Waals surface area contributed by atoms with Gasteiger partial charge in [-0.05, 0) is 17.0 Å². The van der Waals surface area contributed by atoms with E-state index < -0.39 is 65.8 Å². The third-order valence-electron chi connectivity index (χ3n) is 6.22. The summed E-state index contributed by atoms with van der Waals surface area (Å²) in [5.41, 5.74) is 9.03. The molecule has 2 heterocycles. The van der Waals surface area contributed by atoms with Crippen LogP contribution < -0.4 is 4.72 Å². The summed E-state index contributed by atoms with van der Waals surface area (Å²) in [4.78, 5) is 2.73. The second-order valence-corrected chi connectivity index (χ2v) is 10.4. The standard InChI is InChI=1S/C22H28N4O11S/c23-26-25-13-5-1-4-12-11(13)3-2-6-16(12)38(32,33)24-7-8-34-21-20(31)18(29)15(37-21)10-35-22-19(30)17(28)14(9-27)36-22/h1-6,14-15,17-22,24,27-31H,7-10H2. The maximum absolute atomic E-state index is 12.9. The first-order valence-corrected chi connectivity index (χ1v) is 13.1. The minimum absolute atomic E-state index is 0.0281. The van der Waals surface area contributed by atoms with Crippen LogP contribution in [-0.4, -0.2) is 110 Å². The van der Waals surface area contributed by atoms with Crippen LogP contribution in [0.2, 0.25) is 0 Å². The Bertz CT molecular complexity index is 1280. The number of azide groups is 1. The lowest BCUT2D eigenvalue weighted by atomic mass is 10.1. The van der Waals surface area contributed by atoms with Gasteiger partial charge in [0.15, 0.2) is 12.6 Å². The zero-order valence-electron chi connectivity index (χ0n) is 19.8. The molecule has 8 atom stereocenters. The Morgan fingerprint density at radius 3 is 2.24 bits per heavy atom. The lowest BCUT2D eigenvalue weighted by Crippen LogP contribution is -2.38. The zero-order chi connectivity index (χ0) is 27.4. The molecule has 208 valence electrons. The summed E-state index contributed by atoms with van der Waals surface area (Å²) in [5.74, 6) is 0. The first-order chi connectivity index (χ1) is 18.2. The van der Waals surface area contributed by atoms with Crippen molar-refractivity contribution in [3.63, 3.8) is 0 Å². The van der Waals surface area contributed by atoms with Crippen molar-refractivity contribution in [3.05, 3.63) is 46.8 Å². The van der Waals surface area contributed by atoms with Crippen molar-refractivity contribution < 1.29 is 52.9 Å². The molecular formula is C22H28N4O11S. The van der Waals surface area contributed by atoms with Gasteiger partial charge in [0.25, 0.3) is 0 Å². The molecule has 0 bridgehead atoms. The van der Waals surface area contributed by atoms with Crippen LogP contribution in [0, 0.1) is 0 Å². The number of nitrogens with one attached hydrogen (secondary N) is 1. The monoisotopic (exact) mass is 556 g/mol. The second kappa shape index (κ2) is 12.2. The maximum atomic E-state index is 12.9. The van der Waals surface area contributed by atoms with Gasteiger partial charge in [-0.15, -0.1) is 0 Å². The van der Waals surface area contributed by atoms with Crippen LogP contribution in [0.15, 0.2) is 46.4 Å². The molecule has 0 spiro atoms. The van der Waals surface area contributed by atoms with E-state index in [2.05, 4.69) is 14.7 Å². The summed E-state index contributed by atoms with van der Waals surface area (Å²) in [5, 5.41) is 53.7. The lowest BCUT2D eigenvalue weighted by molar-refractivity contribution is -0.205. The third-order valence-corrected chi connectivity index (χ3v) is 7.74. The molecule has 2 aromatic rings. The van der Waals surface area contributed by atoms with Crippen LogP contribution >= 0.6 is 0 Å². The number of nitrogens with zero attached hydrogens (tertiary/aromatic N) is 3. The van der Waals surface area contributed by atoms with E-state index in [0.29, 0.717) is 10.8 Å². The van der Waals surface area contributed by atoms with E-state index in [0.717, 1.165) is 0 Å². The van der Waals surface area contributed by atoms with E-state index in [1.165, 1.54) is 12.1 Å². The van der Waals surface area contributed by atoms with Crippen LogP contribution in [0.25, 0.3) is 21.2 Å². The fourth-order valence-electron chi connectivity index (χ4n) is 4.25. The van der Waals surface area contributed by atoms with Crippen molar-refractivity contribution in [2.45, 2.75) is 54.1 Å². The highest BCUT2D eigenvalue weighted by atomic mass is 32.2. The number of aliphatic hydroxyl groups excluding tert-OH is 5. The maximum Gasteiger partial charge on any atom is 0.241 e. The Morgan fingerprint density at radius 2 is 1.55 bits per heavy atom. The molecule has 0 aromatic heterocycles. The summed E-state index contributed by atoms with van der Waals surface area (Å²) in [6.07, 6.45) is -10.4. The van der Waals surface area contributed by atoms with Crippen molar-refractivity contribution in [3.8, 4) is 0 Å². The summed E-state index contributed by atoms with van der Waals surface area (Å²) in [6, 6.07) is 9.30. The van der Waals surface area contributed by atoms with Crippen molar-refractivity contribution in [1.82, 2.24) is 4.72 Å².